The third-order valence-electron chi connectivity index (χ3n) is 1.47. The van der Waals surface area contributed by atoms with Gasteiger partial charge in [0.1, 0.15) is 11.6 Å². The average Bonchev–Trinajstić information content (AvgIpc) is 2.23. The van der Waals surface area contributed by atoms with Gasteiger partial charge in [-0.1, -0.05) is 0 Å². The Balaban J connectivity index is 4.07. The van der Waals surface area contributed by atoms with E-state index in [0.717, 1.165) is 0 Å². The van der Waals surface area contributed by atoms with E-state index in [-0.39, 0.29) is 18.5 Å². The van der Waals surface area contributed by atoms with Crippen LogP contribution in [-0.4, -0.2) is 36.0 Å². The van der Waals surface area contributed by atoms with Crippen molar-refractivity contribution in [3.63, 3.8) is 0 Å². The summed E-state index contributed by atoms with van der Waals surface area (Å²) in [6, 6.07) is 1.69. The molecule has 3 N–H and O–H groups in total. The van der Waals surface area contributed by atoms with Crippen LogP contribution < -0.4 is 10.6 Å². The van der Waals surface area contributed by atoms with Crippen LogP contribution in [0.5, 0.6) is 0 Å². The van der Waals surface area contributed by atoms with E-state index in [1.165, 1.54) is 6.20 Å². The summed E-state index contributed by atoms with van der Waals surface area (Å²) in [5, 5.41) is 22.0. The van der Waals surface area contributed by atoms with Crippen LogP contribution in [0.2, 0.25) is 0 Å². The van der Waals surface area contributed by atoms with E-state index in [1.807, 2.05) is 0 Å². The van der Waals surface area contributed by atoms with E-state index in [4.69, 9.17) is 22.0 Å². The van der Waals surface area contributed by atoms with Gasteiger partial charge in [-0.05, 0) is 0 Å². The lowest BCUT2D eigenvalue weighted by molar-refractivity contribution is -0.136. The van der Waals surface area contributed by atoms with Crippen molar-refractivity contribution in [2.24, 2.45) is 0 Å². The number of carbonyl (C=O) groups excluding carboxylic acids is 1. The largest absolute Gasteiger partial charge is 0.481 e. The minimum atomic E-state index is -1.01. The van der Waals surface area contributed by atoms with Crippen LogP contribution in [-0.2, 0) is 9.59 Å². The summed E-state index contributed by atoms with van der Waals surface area (Å²) < 4.78 is 0. The monoisotopic (exact) mass is 245 g/mol. The van der Waals surface area contributed by atoms with Gasteiger partial charge in [0.15, 0.2) is 0 Å². The van der Waals surface area contributed by atoms with Gasteiger partial charge in [-0.15, -0.1) is 11.6 Å². The number of hydrogen-bond donors (Lipinski definition) is 3. The Hall–Kier alpha value is -1.74. The second kappa shape index (κ2) is 8.56. The SMILES string of the molecule is N#C/C(=C/NCCCl)C(=O)NCCC(=O)O. The van der Waals surface area contributed by atoms with Crippen LogP contribution in [0, 0.1) is 11.3 Å². The van der Waals surface area contributed by atoms with Gasteiger partial charge in [0.05, 0.1) is 6.42 Å². The minimum Gasteiger partial charge on any atom is -0.481 e. The van der Waals surface area contributed by atoms with Gasteiger partial charge in [0, 0.05) is 25.2 Å². The maximum Gasteiger partial charge on any atom is 0.305 e. The van der Waals surface area contributed by atoms with Gasteiger partial charge >= 0.3 is 5.97 Å². The second-order valence-corrected chi connectivity index (χ2v) is 3.09. The zero-order valence-electron chi connectivity index (χ0n) is 8.49. The van der Waals surface area contributed by atoms with E-state index in [0.29, 0.717) is 12.4 Å². The topological polar surface area (TPSA) is 102 Å². The quantitative estimate of drug-likeness (QED) is 0.250. The summed E-state index contributed by atoms with van der Waals surface area (Å²) in [6.45, 7) is 0.428. The number of amides is 1. The fourth-order valence-electron chi connectivity index (χ4n) is 0.756. The molecule has 7 heteroatoms. The number of nitrogens with zero attached hydrogens (tertiary/aromatic N) is 1. The first-order chi connectivity index (χ1) is 7.61. The molecule has 88 valence electrons. The third-order valence-corrected chi connectivity index (χ3v) is 1.66. The lowest BCUT2D eigenvalue weighted by Crippen LogP contribution is -2.28. The molecule has 0 atom stereocenters. The summed E-state index contributed by atoms with van der Waals surface area (Å²) in [7, 11) is 0. The normalized spacial score (nSPS) is 10.4. The molecule has 0 saturated carbocycles. The number of hydrogen-bond acceptors (Lipinski definition) is 4. The predicted molar refractivity (Wildman–Crippen MR) is 57.7 cm³/mol. The zero-order chi connectivity index (χ0) is 12.4. The van der Waals surface area contributed by atoms with Crippen molar-refractivity contribution >= 4 is 23.5 Å². The lowest BCUT2D eigenvalue weighted by Gasteiger charge is -2.02. The maximum atomic E-state index is 11.3. The summed E-state index contributed by atoms with van der Waals surface area (Å²) >= 11 is 5.39. The standard InChI is InChI=1S/C9H12ClN3O3/c10-2-4-12-6-7(5-11)9(16)13-3-1-8(14)15/h6,12H,1-4H2,(H,13,16)(H,14,15)/b7-6-. The maximum absolute atomic E-state index is 11.3. The molecule has 0 saturated heterocycles. The van der Waals surface area contributed by atoms with Gasteiger partial charge in [0.2, 0.25) is 0 Å². The molecule has 0 fully saturated rings. The van der Waals surface area contributed by atoms with Gasteiger partial charge in [-0.2, -0.15) is 5.26 Å². The van der Waals surface area contributed by atoms with Crippen LogP contribution in [0.25, 0.3) is 0 Å². The molecule has 0 rings (SSSR count). The molecule has 0 heterocycles. The number of halogens is 1. The molecule has 1 amide bonds. The van der Waals surface area contributed by atoms with Crippen LogP contribution in [0.4, 0.5) is 0 Å². The Morgan fingerprint density at radius 1 is 1.44 bits per heavy atom. The molecule has 0 bridgehead atoms. The highest BCUT2D eigenvalue weighted by atomic mass is 35.5. The van der Waals surface area contributed by atoms with Crippen molar-refractivity contribution in [3.05, 3.63) is 11.8 Å². The number of rotatable bonds is 7. The first kappa shape index (κ1) is 14.3. The zero-order valence-corrected chi connectivity index (χ0v) is 9.25. The predicted octanol–water partition coefficient (Wildman–Crippen LogP) is -0.187. The molecule has 6 nitrogen and oxygen atoms in total. The van der Waals surface area contributed by atoms with Crippen molar-refractivity contribution in [3.8, 4) is 6.07 Å². The number of carboxylic acid groups (broad SMARTS) is 1. The van der Waals surface area contributed by atoms with E-state index in [9.17, 15) is 9.59 Å². The Labute approximate surface area is 97.9 Å². The highest BCUT2D eigenvalue weighted by Crippen LogP contribution is 1.90. The van der Waals surface area contributed by atoms with Crippen LogP contribution in [0.15, 0.2) is 11.8 Å². The highest BCUT2D eigenvalue weighted by Gasteiger charge is 2.08. The first-order valence-electron chi connectivity index (χ1n) is 4.51. The fraction of sp³-hybridized carbons (Fsp3) is 0.444. The number of aliphatic carboxylic acids is 1. The van der Waals surface area contributed by atoms with Gasteiger partial charge in [0.25, 0.3) is 5.91 Å². The molecule has 0 radical (unpaired) electrons. The molecule has 0 unspecified atom stereocenters. The van der Waals surface area contributed by atoms with Gasteiger partial charge in [-0.25, -0.2) is 0 Å². The summed E-state index contributed by atoms with van der Waals surface area (Å²) in [6.07, 6.45) is 1.07. The molecule has 0 aromatic heterocycles. The Bertz CT molecular complexity index is 322. The molecule has 16 heavy (non-hydrogen) atoms. The van der Waals surface area contributed by atoms with Crippen LogP contribution in [0.3, 0.4) is 0 Å². The van der Waals surface area contributed by atoms with Crippen molar-refractivity contribution in [1.29, 1.82) is 5.26 Å². The fourth-order valence-corrected chi connectivity index (χ4v) is 0.865. The van der Waals surface area contributed by atoms with Crippen molar-refractivity contribution in [2.75, 3.05) is 19.0 Å². The van der Waals surface area contributed by atoms with Crippen molar-refractivity contribution < 1.29 is 14.7 Å². The molecule has 0 aromatic carbocycles. The molecule has 0 aliphatic rings. The van der Waals surface area contributed by atoms with E-state index in [2.05, 4.69) is 10.6 Å². The summed E-state index contributed by atoms with van der Waals surface area (Å²) in [5.74, 6) is -1.26. The minimum absolute atomic E-state index is 0.0112. The number of nitriles is 1. The summed E-state index contributed by atoms with van der Waals surface area (Å²) in [4.78, 5) is 21.5. The van der Waals surface area contributed by atoms with Gasteiger partial charge in [-0.3, -0.25) is 9.59 Å². The lowest BCUT2D eigenvalue weighted by atomic mass is 10.3. The van der Waals surface area contributed by atoms with Crippen LogP contribution in [0.1, 0.15) is 6.42 Å². The molecular weight excluding hydrogens is 234 g/mol. The first-order valence-corrected chi connectivity index (χ1v) is 5.05. The van der Waals surface area contributed by atoms with E-state index < -0.39 is 11.9 Å². The summed E-state index contributed by atoms with van der Waals surface area (Å²) in [5.41, 5.74) is -0.115. The van der Waals surface area contributed by atoms with Crippen LogP contribution >= 0.6 is 11.6 Å². The molecule has 0 spiro atoms. The second-order valence-electron chi connectivity index (χ2n) is 2.71. The number of alkyl halides is 1. The molecule has 0 aliphatic heterocycles. The highest BCUT2D eigenvalue weighted by molar-refractivity contribution is 6.18. The van der Waals surface area contributed by atoms with E-state index >= 15 is 0 Å². The molecular formula is C9H12ClN3O3. The molecule has 0 aliphatic carbocycles. The number of carbonyl (C=O) groups is 2. The number of nitrogens with one attached hydrogen (secondary N) is 2. The molecule has 0 aromatic rings. The smallest absolute Gasteiger partial charge is 0.305 e. The Morgan fingerprint density at radius 3 is 2.62 bits per heavy atom. The van der Waals surface area contributed by atoms with Crippen molar-refractivity contribution in [1.82, 2.24) is 10.6 Å². The Kier molecular flexibility index (Phi) is 7.63. The third kappa shape index (κ3) is 6.68. The Morgan fingerprint density at radius 2 is 2.12 bits per heavy atom. The van der Waals surface area contributed by atoms with E-state index in [1.54, 1.807) is 6.07 Å². The van der Waals surface area contributed by atoms with Gasteiger partial charge < -0.3 is 15.7 Å². The number of carboxylic acids is 1. The average molecular weight is 246 g/mol. The van der Waals surface area contributed by atoms with Crippen molar-refractivity contribution in [2.45, 2.75) is 6.42 Å².